The molecule has 166 valence electrons. The fraction of sp³-hybridized carbons (Fsp3) is 0.385. The molecule has 3 aromatic rings. The predicted molar refractivity (Wildman–Crippen MR) is 130 cm³/mol. The minimum atomic E-state index is -0.205. The average molecular weight is 449 g/mol. The van der Waals surface area contributed by atoms with Crippen molar-refractivity contribution < 1.29 is 4.39 Å². The van der Waals surface area contributed by atoms with Crippen LogP contribution in [0.15, 0.2) is 48.7 Å². The minimum absolute atomic E-state index is 0.0661. The lowest BCUT2D eigenvalue weighted by Gasteiger charge is -2.29. The molecule has 3 heterocycles. The maximum Gasteiger partial charge on any atom is 0.174 e. The van der Waals surface area contributed by atoms with E-state index in [9.17, 15) is 4.39 Å². The Hall–Kier alpha value is -2.73. The number of anilines is 1. The van der Waals surface area contributed by atoms with Gasteiger partial charge in [-0.05, 0) is 93.4 Å². The van der Waals surface area contributed by atoms with E-state index in [1.165, 1.54) is 48.7 Å². The van der Waals surface area contributed by atoms with Gasteiger partial charge in [-0.2, -0.15) is 0 Å². The highest BCUT2D eigenvalue weighted by Crippen LogP contribution is 2.45. The molecule has 32 heavy (non-hydrogen) atoms. The number of aryl methyl sites for hydroxylation is 2. The van der Waals surface area contributed by atoms with Gasteiger partial charge in [-0.3, -0.25) is 4.98 Å². The second-order valence-electron chi connectivity index (χ2n) is 9.06. The number of halogens is 1. The van der Waals surface area contributed by atoms with Crippen molar-refractivity contribution in [1.29, 1.82) is 0 Å². The molecular formula is C26H29FN4S. The molecule has 2 fully saturated rings. The number of hydrogen-bond donors (Lipinski definition) is 1. The van der Waals surface area contributed by atoms with Crippen molar-refractivity contribution in [2.24, 2.45) is 0 Å². The maximum absolute atomic E-state index is 14.1. The maximum atomic E-state index is 14.1. The van der Waals surface area contributed by atoms with Crippen molar-refractivity contribution in [2.45, 2.75) is 64.6 Å². The molecule has 1 N–H and O–H groups in total. The van der Waals surface area contributed by atoms with Crippen molar-refractivity contribution in [3.8, 4) is 0 Å². The Balaban J connectivity index is 1.65. The molecule has 0 unspecified atom stereocenters. The molecular weight excluding hydrogens is 419 g/mol. The third kappa shape index (κ3) is 3.51. The van der Waals surface area contributed by atoms with Crippen molar-refractivity contribution >= 4 is 23.0 Å². The Labute approximate surface area is 194 Å². The highest BCUT2D eigenvalue weighted by molar-refractivity contribution is 7.80. The highest BCUT2D eigenvalue weighted by Gasteiger charge is 2.42. The number of rotatable bonds is 4. The fourth-order valence-corrected chi connectivity index (χ4v) is 5.90. The van der Waals surface area contributed by atoms with Gasteiger partial charge in [0, 0.05) is 29.3 Å². The standard InChI is InChI=1S/C26H29FN4S/c1-16-14-20(11-12-22(16)27)31-25(24(29-26(31)32)23-10-6-7-13-28-23)21-15-17(2)30(18(21)3)19-8-4-5-9-19/h6-7,10-15,19,24-25H,4-5,8-9H2,1-3H3,(H,29,32)/t24-,25-/m0/s1. The molecule has 1 aliphatic carbocycles. The molecule has 1 saturated heterocycles. The number of pyridine rings is 1. The van der Waals surface area contributed by atoms with Crippen molar-refractivity contribution in [2.75, 3.05) is 4.90 Å². The molecule has 1 saturated carbocycles. The summed E-state index contributed by atoms with van der Waals surface area (Å²) in [7, 11) is 0. The number of benzene rings is 1. The van der Waals surface area contributed by atoms with Gasteiger partial charge in [0.1, 0.15) is 5.82 Å². The van der Waals surface area contributed by atoms with Gasteiger partial charge >= 0.3 is 0 Å². The molecule has 1 aromatic carbocycles. The Morgan fingerprint density at radius 2 is 1.84 bits per heavy atom. The summed E-state index contributed by atoms with van der Waals surface area (Å²) in [5, 5.41) is 4.16. The fourth-order valence-electron chi connectivity index (χ4n) is 5.55. The number of nitrogens with one attached hydrogen (secondary N) is 1. The molecule has 1 aliphatic heterocycles. The van der Waals surface area contributed by atoms with Crippen LogP contribution in [-0.2, 0) is 0 Å². The summed E-state index contributed by atoms with van der Waals surface area (Å²) in [6.45, 7) is 6.23. The Morgan fingerprint density at radius 3 is 2.53 bits per heavy atom. The van der Waals surface area contributed by atoms with Crippen LogP contribution in [-0.4, -0.2) is 14.7 Å². The van der Waals surface area contributed by atoms with Crippen LogP contribution in [0.5, 0.6) is 0 Å². The molecule has 5 rings (SSSR count). The third-order valence-corrected chi connectivity index (χ3v) is 7.36. The summed E-state index contributed by atoms with van der Waals surface area (Å²) in [4.78, 5) is 6.79. The van der Waals surface area contributed by atoms with Crippen LogP contribution in [0.2, 0.25) is 0 Å². The van der Waals surface area contributed by atoms with Gasteiger partial charge in [0.15, 0.2) is 5.11 Å². The van der Waals surface area contributed by atoms with Crippen LogP contribution >= 0.6 is 12.2 Å². The smallest absolute Gasteiger partial charge is 0.174 e. The number of aromatic nitrogens is 2. The molecule has 0 amide bonds. The quantitative estimate of drug-likeness (QED) is 0.479. The second-order valence-corrected chi connectivity index (χ2v) is 9.45. The number of thiocarbonyl (C=S) groups is 1. The summed E-state index contributed by atoms with van der Waals surface area (Å²) >= 11 is 5.83. The van der Waals surface area contributed by atoms with Gasteiger partial charge in [0.25, 0.3) is 0 Å². The molecule has 2 aliphatic rings. The lowest BCUT2D eigenvalue weighted by molar-refractivity contribution is 0.494. The summed E-state index contributed by atoms with van der Waals surface area (Å²) in [6.07, 6.45) is 6.89. The average Bonchev–Trinajstić information content (AvgIpc) is 3.49. The van der Waals surface area contributed by atoms with Crippen LogP contribution in [0.4, 0.5) is 10.1 Å². The third-order valence-electron chi connectivity index (χ3n) is 7.05. The van der Waals surface area contributed by atoms with Crippen molar-refractivity contribution in [3.05, 3.63) is 82.7 Å². The normalized spacial score (nSPS) is 21.4. The van der Waals surface area contributed by atoms with E-state index in [0.29, 0.717) is 16.7 Å². The largest absolute Gasteiger partial charge is 0.351 e. The van der Waals surface area contributed by atoms with Crippen molar-refractivity contribution in [3.63, 3.8) is 0 Å². The van der Waals surface area contributed by atoms with E-state index in [2.05, 4.69) is 39.7 Å². The van der Waals surface area contributed by atoms with Gasteiger partial charge in [-0.1, -0.05) is 18.9 Å². The summed E-state index contributed by atoms with van der Waals surface area (Å²) < 4.78 is 16.6. The molecule has 2 aromatic heterocycles. The van der Waals surface area contributed by atoms with E-state index >= 15 is 0 Å². The molecule has 0 radical (unpaired) electrons. The predicted octanol–water partition coefficient (Wildman–Crippen LogP) is 6.24. The van der Waals surface area contributed by atoms with Crippen LogP contribution in [0.25, 0.3) is 0 Å². The second kappa shape index (κ2) is 8.32. The van der Waals surface area contributed by atoms with E-state index in [1.54, 1.807) is 6.92 Å². The molecule has 6 heteroatoms. The zero-order valence-corrected chi connectivity index (χ0v) is 19.6. The zero-order chi connectivity index (χ0) is 22.4. The number of hydrogen-bond acceptors (Lipinski definition) is 2. The molecule has 0 bridgehead atoms. The van der Waals surface area contributed by atoms with Gasteiger partial charge in [-0.15, -0.1) is 0 Å². The van der Waals surface area contributed by atoms with Crippen LogP contribution < -0.4 is 10.2 Å². The van der Waals surface area contributed by atoms with Gasteiger partial charge in [0.2, 0.25) is 0 Å². The van der Waals surface area contributed by atoms with Crippen LogP contribution in [0.3, 0.4) is 0 Å². The monoisotopic (exact) mass is 448 g/mol. The topological polar surface area (TPSA) is 33.1 Å². The Morgan fingerprint density at radius 1 is 1.06 bits per heavy atom. The first-order valence-corrected chi connectivity index (χ1v) is 11.8. The summed E-state index contributed by atoms with van der Waals surface area (Å²) in [5.41, 5.74) is 6.29. The van der Waals surface area contributed by atoms with Gasteiger partial charge < -0.3 is 14.8 Å². The van der Waals surface area contributed by atoms with E-state index in [0.717, 1.165) is 11.4 Å². The first-order valence-electron chi connectivity index (χ1n) is 11.4. The highest BCUT2D eigenvalue weighted by atomic mass is 32.1. The van der Waals surface area contributed by atoms with Crippen molar-refractivity contribution in [1.82, 2.24) is 14.9 Å². The summed E-state index contributed by atoms with van der Waals surface area (Å²) in [5.74, 6) is -0.205. The lowest BCUT2D eigenvalue weighted by atomic mass is 9.96. The Bertz CT molecular complexity index is 1150. The molecule has 4 nitrogen and oxygen atoms in total. The van der Waals surface area contributed by atoms with Crippen LogP contribution in [0.1, 0.15) is 72.0 Å². The van der Waals surface area contributed by atoms with E-state index in [1.807, 2.05) is 36.5 Å². The van der Waals surface area contributed by atoms with Gasteiger partial charge in [0.05, 0.1) is 17.8 Å². The molecule has 0 spiro atoms. The van der Waals surface area contributed by atoms with Crippen LogP contribution in [0, 0.1) is 26.6 Å². The van der Waals surface area contributed by atoms with Gasteiger partial charge in [-0.25, -0.2) is 4.39 Å². The van der Waals surface area contributed by atoms with E-state index < -0.39 is 0 Å². The lowest BCUT2D eigenvalue weighted by Crippen LogP contribution is -2.29. The minimum Gasteiger partial charge on any atom is -0.351 e. The first kappa shape index (κ1) is 21.1. The molecule has 2 atom stereocenters. The zero-order valence-electron chi connectivity index (χ0n) is 18.8. The number of nitrogens with zero attached hydrogens (tertiary/aromatic N) is 3. The van der Waals surface area contributed by atoms with E-state index in [-0.39, 0.29) is 17.9 Å². The Kier molecular flexibility index (Phi) is 5.49. The van der Waals surface area contributed by atoms with E-state index in [4.69, 9.17) is 12.2 Å². The first-order chi connectivity index (χ1) is 15.5. The summed E-state index contributed by atoms with van der Waals surface area (Å²) in [6, 6.07) is 13.9. The SMILES string of the molecule is Cc1cc(N2C(=S)N[C@@H](c3ccccn3)[C@@H]2c2cc(C)n(C3CCCC3)c2C)ccc1F.